The van der Waals surface area contributed by atoms with Crippen LogP contribution < -0.4 is 20.5 Å². The van der Waals surface area contributed by atoms with E-state index in [1.54, 1.807) is 30.3 Å². The number of carbonyl (C=O) groups excluding carboxylic acids is 2. The van der Waals surface area contributed by atoms with Gasteiger partial charge in [0, 0.05) is 0 Å². The summed E-state index contributed by atoms with van der Waals surface area (Å²) in [5.74, 6) is -2.30. The van der Waals surface area contributed by atoms with E-state index in [0.29, 0.717) is 14.8 Å². The van der Waals surface area contributed by atoms with Crippen LogP contribution in [0.15, 0.2) is 71.0 Å². The fourth-order valence-corrected chi connectivity index (χ4v) is 4.91. The van der Waals surface area contributed by atoms with Crippen molar-refractivity contribution < 1.29 is 19.1 Å². The van der Waals surface area contributed by atoms with Crippen molar-refractivity contribution in [3.8, 4) is 0 Å². The minimum atomic E-state index is -0.848. The number of hydrogen-bond donors (Lipinski definition) is 1. The first kappa shape index (κ1) is 21.3. The minimum absolute atomic E-state index is 0.0118. The van der Waals surface area contributed by atoms with Gasteiger partial charge in [0.05, 0.1) is 35.8 Å². The molecule has 0 bridgehead atoms. The summed E-state index contributed by atoms with van der Waals surface area (Å²) < 4.78 is 11.9. The Balaban J connectivity index is 2.14. The van der Waals surface area contributed by atoms with Gasteiger partial charge in [-0.15, -0.1) is 11.3 Å². The van der Waals surface area contributed by atoms with Crippen LogP contribution in [0.1, 0.15) is 17.0 Å². The molecule has 32 heavy (non-hydrogen) atoms. The molecule has 0 aliphatic carbocycles. The highest BCUT2D eigenvalue weighted by atomic mass is 32.1. The number of esters is 2. The largest absolute Gasteiger partial charge is 0.466 e. The van der Waals surface area contributed by atoms with E-state index in [0.717, 1.165) is 16.9 Å². The Morgan fingerprint density at radius 2 is 1.50 bits per heavy atom. The van der Waals surface area contributed by atoms with Gasteiger partial charge in [-0.25, -0.2) is 9.59 Å². The van der Waals surface area contributed by atoms with E-state index in [2.05, 4.69) is 0 Å². The van der Waals surface area contributed by atoms with Crippen LogP contribution in [0.5, 0.6) is 0 Å². The number of thiazole rings is 1. The number of ether oxygens (including phenoxy) is 2. The van der Waals surface area contributed by atoms with E-state index in [1.165, 1.54) is 18.8 Å². The molecule has 0 radical (unpaired) electrons. The van der Waals surface area contributed by atoms with Crippen LogP contribution in [0.25, 0.3) is 17.5 Å². The molecule has 7 nitrogen and oxygen atoms in total. The summed E-state index contributed by atoms with van der Waals surface area (Å²) in [6.45, 7) is 0. The normalized spacial score (nSPS) is 16.0. The third-order valence-electron chi connectivity index (χ3n) is 5.19. The number of nitrogens with zero attached hydrogens (tertiary/aromatic N) is 1. The van der Waals surface area contributed by atoms with Gasteiger partial charge in [-0.1, -0.05) is 60.7 Å². The van der Waals surface area contributed by atoms with Crippen LogP contribution in [0.4, 0.5) is 0 Å². The number of rotatable bonds is 4. The van der Waals surface area contributed by atoms with E-state index in [9.17, 15) is 14.4 Å². The first-order valence-electron chi connectivity index (χ1n) is 9.72. The van der Waals surface area contributed by atoms with E-state index in [-0.39, 0.29) is 17.0 Å². The predicted octanol–water partition coefficient (Wildman–Crippen LogP) is 1.16. The molecule has 0 spiro atoms. The molecule has 0 saturated carbocycles. The maximum absolute atomic E-state index is 13.3. The van der Waals surface area contributed by atoms with Gasteiger partial charge >= 0.3 is 11.9 Å². The summed E-state index contributed by atoms with van der Waals surface area (Å²) in [5, 5.41) is 0. The fourth-order valence-electron chi connectivity index (χ4n) is 3.74. The third-order valence-corrected chi connectivity index (χ3v) is 6.30. The molecule has 4 rings (SSSR count). The van der Waals surface area contributed by atoms with Gasteiger partial charge in [-0.2, -0.15) is 0 Å². The zero-order valence-corrected chi connectivity index (χ0v) is 18.2. The Morgan fingerprint density at radius 3 is 2.09 bits per heavy atom. The van der Waals surface area contributed by atoms with Crippen molar-refractivity contribution in [2.75, 3.05) is 14.2 Å². The van der Waals surface area contributed by atoms with Crippen LogP contribution >= 0.6 is 11.3 Å². The van der Waals surface area contributed by atoms with Crippen molar-refractivity contribution in [3.05, 3.63) is 96.9 Å². The van der Waals surface area contributed by atoms with E-state index in [4.69, 9.17) is 15.2 Å². The number of carbonyl (C=O) groups is 2. The summed E-state index contributed by atoms with van der Waals surface area (Å²) in [4.78, 5) is 39.0. The van der Waals surface area contributed by atoms with Gasteiger partial charge in [0.1, 0.15) is 10.5 Å². The highest BCUT2D eigenvalue weighted by molar-refractivity contribution is 7.07. The molecule has 0 saturated heterocycles. The Kier molecular flexibility index (Phi) is 5.79. The molecule has 162 valence electrons. The number of fused-ring (bicyclic) bond motifs is 1. The Hall–Kier alpha value is -3.91. The second-order valence-corrected chi connectivity index (χ2v) is 8.04. The van der Waals surface area contributed by atoms with Gasteiger partial charge in [-0.3, -0.25) is 9.36 Å². The van der Waals surface area contributed by atoms with Gasteiger partial charge in [0.15, 0.2) is 0 Å². The topological polar surface area (TPSA) is 101 Å². The average Bonchev–Trinajstić information content (AvgIpc) is 3.15. The Bertz CT molecular complexity index is 1400. The highest BCUT2D eigenvalue weighted by Gasteiger charge is 2.39. The number of nitrogens with two attached hydrogens (primary N) is 1. The van der Waals surface area contributed by atoms with Crippen LogP contribution in [0.3, 0.4) is 0 Å². The van der Waals surface area contributed by atoms with Gasteiger partial charge in [-0.05, 0) is 17.2 Å². The van der Waals surface area contributed by atoms with Crippen LogP contribution in [-0.4, -0.2) is 30.7 Å². The number of hydrogen-bond acceptors (Lipinski definition) is 7. The number of aromatic nitrogens is 1. The molecular formula is C24H20N2O5S. The smallest absolute Gasteiger partial charge is 0.338 e. The maximum Gasteiger partial charge on any atom is 0.338 e. The molecule has 2 heterocycles. The summed E-state index contributed by atoms with van der Waals surface area (Å²) in [6, 6.07) is 18.3. The monoisotopic (exact) mass is 448 g/mol. The summed E-state index contributed by atoms with van der Waals surface area (Å²) in [6.07, 6.45) is 1.72. The lowest BCUT2D eigenvalue weighted by molar-refractivity contribution is -0.136. The van der Waals surface area contributed by atoms with Gasteiger partial charge < -0.3 is 15.2 Å². The fraction of sp³-hybridized carbons (Fsp3) is 0.125. The molecule has 0 fully saturated rings. The molecule has 0 amide bonds. The third kappa shape index (κ3) is 3.54. The lowest BCUT2D eigenvalue weighted by atomic mass is 9.83. The Morgan fingerprint density at radius 1 is 0.938 bits per heavy atom. The maximum atomic E-state index is 13.3. The zero-order chi connectivity index (χ0) is 22.8. The number of benzene rings is 2. The molecular weight excluding hydrogens is 428 g/mol. The van der Waals surface area contributed by atoms with Crippen LogP contribution in [0.2, 0.25) is 0 Å². The number of methoxy groups -OCH3 is 2. The van der Waals surface area contributed by atoms with E-state index >= 15 is 0 Å². The first-order valence-corrected chi connectivity index (χ1v) is 10.5. The van der Waals surface area contributed by atoms with Crippen molar-refractivity contribution in [2.24, 2.45) is 5.73 Å². The summed E-state index contributed by atoms with van der Waals surface area (Å²) in [5.41, 5.74) is 7.58. The summed E-state index contributed by atoms with van der Waals surface area (Å²) in [7, 11) is 2.48. The van der Waals surface area contributed by atoms with Crippen molar-refractivity contribution >= 4 is 40.7 Å². The van der Waals surface area contributed by atoms with Crippen molar-refractivity contribution in [1.29, 1.82) is 0 Å². The molecule has 1 aromatic heterocycles. The molecule has 1 aliphatic rings. The lowest BCUT2D eigenvalue weighted by Gasteiger charge is -2.26. The van der Waals surface area contributed by atoms with Crippen LogP contribution in [0, 0.1) is 0 Å². The van der Waals surface area contributed by atoms with E-state index < -0.39 is 23.4 Å². The predicted molar refractivity (Wildman–Crippen MR) is 122 cm³/mol. The second-order valence-electron chi connectivity index (χ2n) is 7.01. The van der Waals surface area contributed by atoms with Gasteiger partial charge in [0.2, 0.25) is 0 Å². The highest BCUT2D eigenvalue weighted by Crippen LogP contribution is 2.37. The minimum Gasteiger partial charge on any atom is -0.466 e. The van der Waals surface area contributed by atoms with Crippen molar-refractivity contribution in [3.63, 3.8) is 0 Å². The molecule has 1 atom stereocenters. The molecule has 2 aromatic carbocycles. The average molecular weight is 449 g/mol. The Labute approximate surface area is 187 Å². The van der Waals surface area contributed by atoms with Crippen molar-refractivity contribution in [1.82, 2.24) is 4.57 Å². The van der Waals surface area contributed by atoms with Gasteiger partial charge in [0.25, 0.3) is 5.56 Å². The molecule has 0 unspecified atom stereocenters. The summed E-state index contributed by atoms with van der Waals surface area (Å²) >= 11 is 1.12. The standard InChI is InChI=1S/C24H20N2O5S/c1-30-23(28)18-17(15-11-7-4-8-12-15)19(24(29)31-2)22-26(20(18)25)21(27)16(32-22)13-14-9-5-3-6-10-14/h3-13,17H,25H2,1-2H3/b16-13-/t17-/m0/s1. The van der Waals surface area contributed by atoms with Crippen LogP contribution in [-0.2, 0) is 19.1 Å². The molecule has 2 N–H and O–H groups in total. The molecule has 1 aliphatic heterocycles. The van der Waals surface area contributed by atoms with Crippen molar-refractivity contribution in [2.45, 2.75) is 5.92 Å². The SMILES string of the molecule is COC(=O)C1=C(N)n2c(s/c(=C\c3ccccc3)c2=O)=C(C(=O)OC)[C@H]1c1ccccc1. The molecule has 3 aromatic rings. The zero-order valence-electron chi connectivity index (χ0n) is 17.4. The quantitative estimate of drug-likeness (QED) is 0.602. The van der Waals surface area contributed by atoms with E-state index in [1.807, 2.05) is 36.4 Å². The second kappa shape index (κ2) is 8.68. The molecule has 8 heteroatoms. The lowest BCUT2D eigenvalue weighted by Crippen LogP contribution is -2.41. The first-order chi connectivity index (χ1) is 15.5.